The summed E-state index contributed by atoms with van der Waals surface area (Å²) in [7, 11) is 0. The summed E-state index contributed by atoms with van der Waals surface area (Å²) in [4.78, 5) is 35.0. The Morgan fingerprint density at radius 2 is 1.41 bits per heavy atom. The Kier molecular flexibility index (Phi) is 9.91. The van der Waals surface area contributed by atoms with Gasteiger partial charge in [0.1, 0.15) is 16.1 Å². The number of aryl methyl sites for hydroxylation is 2. The number of aromatic nitrogens is 4. The van der Waals surface area contributed by atoms with E-state index in [0.29, 0.717) is 23.1 Å². The molecule has 32 heavy (non-hydrogen) atoms. The van der Waals surface area contributed by atoms with Crippen molar-refractivity contribution in [2.45, 2.75) is 65.8 Å². The van der Waals surface area contributed by atoms with Crippen molar-refractivity contribution in [1.29, 1.82) is 0 Å². The molecule has 2 heterocycles. The third-order valence-corrected chi connectivity index (χ3v) is 6.06. The van der Waals surface area contributed by atoms with Crippen LogP contribution >= 0.6 is 22.7 Å². The van der Waals surface area contributed by atoms with E-state index >= 15 is 0 Å². The molecule has 2 aromatic heterocycles. The fraction of sp³-hybridized carbons (Fsp3) is 0.632. The second-order valence-electron chi connectivity index (χ2n) is 8.02. The van der Waals surface area contributed by atoms with Gasteiger partial charge in [0.05, 0.1) is 0 Å². The van der Waals surface area contributed by atoms with Gasteiger partial charge in [0.15, 0.2) is 0 Å². The molecular formula is C19H29N7O4S2. The average molecular weight is 484 g/mol. The number of nitrogens with one attached hydrogen (secondary N) is 3. The van der Waals surface area contributed by atoms with Crippen LogP contribution in [0.4, 0.5) is 15.1 Å². The fourth-order valence-electron chi connectivity index (χ4n) is 2.75. The normalized spacial score (nSPS) is 12.1. The first-order valence-electron chi connectivity index (χ1n) is 10.4. The van der Waals surface area contributed by atoms with E-state index in [1.807, 2.05) is 13.8 Å². The first-order valence-corrected chi connectivity index (χ1v) is 12.0. The van der Waals surface area contributed by atoms with Gasteiger partial charge in [-0.3, -0.25) is 14.9 Å². The first kappa shape index (κ1) is 25.6. The molecule has 13 heteroatoms. The molecule has 0 radical (unpaired) electrons. The molecule has 0 aliphatic carbocycles. The van der Waals surface area contributed by atoms with Gasteiger partial charge >= 0.3 is 6.09 Å². The zero-order valence-corrected chi connectivity index (χ0v) is 20.2. The summed E-state index contributed by atoms with van der Waals surface area (Å²) in [5, 5.41) is 35.2. The lowest BCUT2D eigenvalue weighted by Crippen LogP contribution is -2.46. The summed E-state index contributed by atoms with van der Waals surface area (Å²) in [6.45, 7) is 7.48. The summed E-state index contributed by atoms with van der Waals surface area (Å²) in [6, 6.07) is -0.869. The van der Waals surface area contributed by atoms with Crippen molar-refractivity contribution >= 4 is 50.8 Å². The fourth-order valence-corrected chi connectivity index (χ4v) is 4.34. The zero-order valence-electron chi connectivity index (χ0n) is 18.5. The molecule has 0 fully saturated rings. The molecule has 2 rings (SSSR count). The molecule has 176 valence electrons. The van der Waals surface area contributed by atoms with Crippen LogP contribution in [0.5, 0.6) is 0 Å². The number of nitrogens with zero attached hydrogens (tertiary/aromatic N) is 4. The minimum Gasteiger partial charge on any atom is -0.465 e. The smallest absolute Gasteiger partial charge is 0.405 e. The van der Waals surface area contributed by atoms with E-state index in [4.69, 9.17) is 5.11 Å². The van der Waals surface area contributed by atoms with Gasteiger partial charge in [0.2, 0.25) is 22.1 Å². The molecule has 0 bridgehead atoms. The molecule has 0 saturated heterocycles. The highest BCUT2D eigenvalue weighted by atomic mass is 32.1. The van der Waals surface area contributed by atoms with E-state index in [9.17, 15) is 14.4 Å². The van der Waals surface area contributed by atoms with E-state index in [0.717, 1.165) is 29.3 Å². The van der Waals surface area contributed by atoms with Crippen molar-refractivity contribution in [3.05, 3.63) is 10.0 Å². The van der Waals surface area contributed by atoms with Crippen LogP contribution in [-0.2, 0) is 22.4 Å². The molecule has 0 aromatic carbocycles. The number of hydrogen-bond acceptors (Lipinski definition) is 9. The Balaban J connectivity index is 1.74. The van der Waals surface area contributed by atoms with E-state index in [2.05, 4.69) is 36.3 Å². The van der Waals surface area contributed by atoms with Crippen LogP contribution in [0.2, 0.25) is 0 Å². The summed E-state index contributed by atoms with van der Waals surface area (Å²) in [6.07, 6.45) is 2.37. The van der Waals surface area contributed by atoms with Gasteiger partial charge in [0.25, 0.3) is 0 Å². The highest BCUT2D eigenvalue weighted by molar-refractivity contribution is 7.15. The maximum atomic E-state index is 12.3. The predicted molar refractivity (Wildman–Crippen MR) is 123 cm³/mol. The van der Waals surface area contributed by atoms with E-state index < -0.39 is 18.0 Å². The number of carboxylic acid groups (broad SMARTS) is 1. The number of hydrogen-bond donors (Lipinski definition) is 4. The van der Waals surface area contributed by atoms with Gasteiger partial charge in [0, 0.05) is 19.3 Å². The average Bonchev–Trinajstić information content (AvgIpc) is 3.31. The van der Waals surface area contributed by atoms with E-state index in [1.54, 1.807) is 13.8 Å². The largest absolute Gasteiger partial charge is 0.465 e. The van der Waals surface area contributed by atoms with Gasteiger partial charge in [-0.25, -0.2) is 4.79 Å². The number of amides is 3. The van der Waals surface area contributed by atoms with Crippen LogP contribution in [0.25, 0.3) is 0 Å². The van der Waals surface area contributed by atoms with Gasteiger partial charge in [-0.2, -0.15) is 0 Å². The van der Waals surface area contributed by atoms with Crippen molar-refractivity contribution in [2.75, 3.05) is 10.6 Å². The summed E-state index contributed by atoms with van der Waals surface area (Å²) >= 11 is 2.65. The second-order valence-corrected chi connectivity index (χ2v) is 10.1. The standard InChI is InChI=1S/C19H29N7O4S2/c1-10(2)9-12(27)20-17-25-23-13(31-17)7-5-6-8-14-24-26-18(32-14)22-16(28)15(11(3)4)21-19(29)30/h10-11,15,21H,5-9H2,1-4H3,(H,29,30)(H,20,25,27)(H,22,26,28)/t15-/m0/s1. The van der Waals surface area contributed by atoms with E-state index in [1.165, 1.54) is 22.7 Å². The first-order chi connectivity index (χ1) is 15.1. The second kappa shape index (κ2) is 12.4. The molecule has 4 N–H and O–H groups in total. The molecule has 0 aliphatic heterocycles. The Hall–Kier alpha value is -2.67. The molecule has 0 spiro atoms. The Labute approximate surface area is 194 Å². The summed E-state index contributed by atoms with van der Waals surface area (Å²) < 4.78 is 0. The maximum absolute atomic E-state index is 12.3. The number of unbranched alkanes of at least 4 members (excludes halogenated alkanes) is 1. The Morgan fingerprint density at radius 3 is 1.88 bits per heavy atom. The van der Waals surface area contributed by atoms with Crippen molar-refractivity contribution in [2.24, 2.45) is 11.8 Å². The number of rotatable bonds is 12. The van der Waals surface area contributed by atoms with Crippen LogP contribution in [0.3, 0.4) is 0 Å². The maximum Gasteiger partial charge on any atom is 0.405 e. The van der Waals surface area contributed by atoms with E-state index in [-0.39, 0.29) is 17.7 Å². The highest BCUT2D eigenvalue weighted by Crippen LogP contribution is 2.21. The monoisotopic (exact) mass is 483 g/mol. The minimum absolute atomic E-state index is 0.0553. The topological polar surface area (TPSA) is 159 Å². The molecule has 0 unspecified atom stereocenters. The van der Waals surface area contributed by atoms with Crippen LogP contribution in [0.1, 0.15) is 57.0 Å². The molecule has 0 saturated carbocycles. The Bertz CT molecular complexity index is 913. The highest BCUT2D eigenvalue weighted by Gasteiger charge is 2.25. The Morgan fingerprint density at radius 1 is 0.875 bits per heavy atom. The van der Waals surface area contributed by atoms with Gasteiger partial charge in [-0.1, -0.05) is 50.4 Å². The third-order valence-electron chi connectivity index (χ3n) is 4.26. The van der Waals surface area contributed by atoms with Gasteiger partial charge < -0.3 is 15.7 Å². The third kappa shape index (κ3) is 8.83. The molecular weight excluding hydrogens is 454 g/mol. The van der Waals surface area contributed by atoms with Gasteiger partial charge in [-0.05, 0) is 24.7 Å². The lowest BCUT2D eigenvalue weighted by atomic mass is 10.0. The molecule has 11 nitrogen and oxygen atoms in total. The molecule has 1 atom stereocenters. The molecule has 2 aromatic rings. The minimum atomic E-state index is -1.25. The van der Waals surface area contributed by atoms with Gasteiger partial charge in [-0.15, -0.1) is 20.4 Å². The van der Waals surface area contributed by atoms with Crippen LogP contribution in [0, 0.1) is 11.8 Å². The van der Waals surface area contributed by atoms with Crippen molar-refractivity contribution in [3.63, 3.8) is 0 Å². The predicted octanol–water partition coefficient (Wildman–Crippen LogP) is 3.17. The number of carbonyl (C=O) groups is 3. The summed E-state index contributed by atoms with van der Waals surface area (Å²) in [5.74, 6) is -0.435. The quantitative estimate of drug-likeness (QED) is 0.335. The van der Waals surface area contributed by atoms with Crippen molar-refractivity contribution in [1.82, 2.24) is 25.7 Å². The van der Waals surface area contributed by atoms with Crippen LogP contribution in [0.15, 0.2) is 0 Å². The lowest BCUT2D eigenvalue weighted by Gasteiger charge is -2.18. The van der Waals surface area contributed by atoms with Crippen molar-refractivity contribution < 1.29 is 19.5 Å². The zero-order chi connectivity index (χ0) is 23.7. The summed E-state index contributed by atoms with van der Waals surface area (Å²) in [5.41, 5.74) is 0. The lowest BCUT2D eigenvalue weighted by molar-refractivity contribution is -0.119. The number of carbonyl (C=O) groups excluding carboxylic acids is 2. The van der Waals surface area contributed by atoms with Crippen LogP contribution < -0.4 is 16.0 Å². The number of anilines is 2. The molecule has 0 aliphatic rings. The SMILES string of the molecule is CC(C)CC(=O)Nc1nnc(CCCCc2nnc(NC(=O)[C@@H](NC(=O)O)C(C)C)s2)s1. The molecule has 3 amide bonds. The van der Waals surface area contributed by atoms with Crippen LogP contribution in [-0.4, -0.2) is 49.5 Å². The van der Waals surface area contributed by atoms with Crippen molar-refractivity contribution in [3.8, 4) is 0 Å².